The van der Waals surface area contributed by atoms with Crippen LogP contribution in [-0.4, -0.2) is 35.6 Å². The quantitative estimate of drug-likeness (QED) is 0.291. The summed E-state index contributed by atoms with van der Waals surface area (Å²) >= 11 is 6.14. The number of Topliss-reactive ketones (excluding diaryl/α,β-unsaturated/α-hetero) is 1. The molecule has 8 heteroatoms. The number of hydrogen-bond acceptors (Lipinski definition) is 6. The van der Waals surface area contributed by atoms with E-state index in [1.54, 1.807) is 54.6 Å². The van der Waals surface area contributed by atoms with E-state index >= 15 is 0 Å². The van der Waals surface area contributed by atoms with Crippen molar-refractivity contribution in [1.29, 1.82) is 0 Å². The van der Waals surface area contributed by atoms with Crippen molar-refractivity contribution in [2.45, 2.75) is 13.0 Å². The van der Waals surface area contributed by atoms with Crippen LogP contribution in [0.3, 0.4) is 0 Å². The molecule has 1 heterocycles. The summed E-state index contributed by atoms with van der Waals surface area (Å²) in [6.07, 6.45) is 0. The highest BCUT2D eigenvalue weighted by Crippen LogP contribution is 2.43. The Labute approximate surface area is 201 Å². The molecule has 0 radical (unpaired) electrons. The number of carbonyl (C=O) groups excluding carboxylic acids is 2. The molecule has 1 fully saturated rings. The maximum atomic E-state index is 13.2. The number of phenolic OH excluding ortho intramolecular Hbond substituents is 1. The Bertz CT molecular complexity index is 1270. The number of methoxy groups -OCH3 is 1. The van der Waals surface area contributed by atoms with Crippen molar-refractivity contribution in [3.05, 3.63) is 88.5 Å². The summed E-state index contributed by atoms with van der Waals surface area (Å²) in [5.74, 6) is -0.910. The van der Waals surface area contributed by atoms with Crippen LogP contribution in [0.15, 0.2) is 72.3 Å². The first-order valence-corrected chi connectivity index (χ1v) is 10.9. The van der Waals surface area contributed by atoms with Crippen molar-refractivity contribution in [3.63, 3.8) is 0 Å². The number of anilines is 1. The third-order valence-electron chi connectivity index (χ3n) is 5.52. The van der Waals surface area contributed by atoms with Gasteiger partial charge in [0.15, 0.2) is 0 Å². The van der Waals surface area contributed by atoms with E-state index < -0.39 is 17.7 Å². The maximum absolute atomic E-state index is 13.2. The van der Waals surface area contributed by atoms with Gasteiger partial charge in [-0.3, -0.25) is 14.5 Å². The Morgan fingerprint density at radius 1 is 1.00 bits per heavy atom. The summed E-state index contributed by atoms with van der Waals surface area (Å²) in [6, 6.07) is 16.6. The second-order valence-corrected chi connectivity index (χ2v) is 7.94. The van der Waals surface area contributed by atoms with Crippen molar-refractivity contribution in [3.8, 4) is 17.2 Å². The first kappa shape index (κ1) is 23.2. The minimum Gasteiger partial charge on any atom is -0.507 e. The number of amides is 1. The number of nitrogens with zero attached hydrogens (tertiary/aromatic N) is 1. The molecule has 1 unspecified atom stereocenters. The van der Waals surface area contributed by atoms with Crippen LogP contribution in [0.5, 0.6) is 17.2 Å². The van der Waals surface area contributed by atoms with Crippen LogP contribution in [0.2, 0.25) is 5.02 Å². The standard InChI is InChI=1S/C26H22ClNO6/c1-3-34-19-9-4-15(5-10-19)24(30)22-23(16-6-13-21(29)20(27)14-16)28(26(32)25(22)31)17-7-11-18(33-2)12-8-17/h4-14,23,29-30H,3H2,1-2H3/b24-22-. The molecule has 1 aliphatic rings. The van der Waals surface area contributed by atoms with Crippen molar-refractivity contribution < 1.29 is 29.3 Å². The maximum Gasteiger partial charge on any atom is 0.300 e. The van der Waals surface area contributed by atoms with E-state index in [4.69, 9.17) is 21.1 Å². The minimum atomic E-state index is -0.974. The van der Waals surface area contributed by atoms with E-state index in [2.05, 4.69) is 0 Å². The Morgan fingerprint density at radius 2 is 1.65 bits per heavy atom. The highest BCUT2D eigenvalue weighted by molar-refractivity contribution is 6.51. The van der Waals surface area contributed by atoms with Gasteiger partial charge in [-0.1, -0.05) is 17.7 Å². The topological polar surface area (TPSA) is 96.3 Å². The molecule has 1 aliphatic heterocycles. The first-order chi connectivity index (χ1) is 16.3. The third-order valence-corrected chi connectivity index (χ3v) is 5.82. The number of rotatable bonds is 6. The number of aliphatic hydroxyl groups is 1. The second kappa shape index (κ2) is 9.49. The lowest BCUT2D eigenvalue weighted by Gasteiger charge is -2.26. The predicted molar refractivity (Wildman–Crippen MR) is 129 cm³/mol. The average Bonchev–Trinajstić information content (AvgIpc) is 3.11. The Hall–Kier alpha value is -3.97. The summed E-state index contributed by atoms with van der Waals surface area (Å²) in [5.41, 5.74) is 1.14. The second-order valence-electron chi connectivity index (χ2n) is 7.54. The lowest BCUT2D eigenvalue weighted by atomic mass is 9.95. The van der Waals surface area contributed by atoms with Gasteiger partial charge in [-0.2, -0.15) is 0 Å². The molecule has 1 atom stereocenters. The van der Waals surface area contributed by atoms with E-state index in [0.29, 0.717) is 34.9 Å². The van der Waals surface area contributed by atoms with Crippen molar-refractivity contribution in [2.24, 2.45) is 0 Å². The molecule has 0 aliphatic carbocycles. The highest BCUT2D eigenvalue weighted by Gasteiger charge is 2.47. The van der Waals surface area contributed by atoms with E-state index in [1.807, 2.05) is 6.92 Å². The summed E-state index contributed by atoms with van der Waals surface area (Å²) in [4.78, 5) is 27.7. The van der Waals surface area contributed by atoms with Gasteiger partial charge in [-0.25, -0.2) is 0 Å². The van der Waals surface area contributed by atoms with Crippen LogP contribution in [0.4, 0.5) is 5.69 Å². The molecule has 0 aromatic heterocycles. The van der Waals surface area contributed by atoms with Crippen LogP contribution in [0.1, 0.15) is 24.1 Å². The molecule has 174 valence electrons. The Kier molecular flexibility index (Phi) is 6.47. The number of phenols is 1. The molecule has 2 N–H and O–H groups in total. The minimum absolute atomic E-state index is 0.0545. The van der Waals surface area contributed by atoms with Crippen LogP contribution < -0.4 is 14.4 Å². The molecule has 1 amide bonds. The molecule has 4 rings (SSSR count). The van der Waals surface area contributed by atoms with Crippen molar-refractivity contribution in [1.82, 2.24) is 0 Å². The fraction of sp³-hybridized carbons (Fsp3) is 0.154. The van der Waals surface area contributed by atoms with Crippen LogP contribution in [0, 0.1) is 0 Å². The van der Waals surface area contributed by atoms with Gasteiger partial charge in [0.05, 0.1) is 30.4 Å². The molecular weight excluding hydrogens is 458 g/mol. The number of ketones is 1. The fourth-order valence-electron chi connectivity index (χ4n) is 3.88. The van der Waals surface area contributed by atoms with Crippen molar-refractivity contribution in [2.75, 3.05) is 18.6 Å². The van der Waals surface area contributed by atoms with Gasteiger partial charge in [0.1, 0.15) is 23.0 Å². The molecule has 0 bridgehead atoms. The number of halogens is 1. The van der Waals surface area contributed by atoms with Crippen LogP contribution >= 0.6 is 11.6 Å². The van der Waals surface area contributed by atoms with Gasteiger partial charge in [-0.05, 0) is 73.2 Å². The molecular formula is C26H22ClNO6. The van der Waals surface area contributed by atoms with Gasteiger partial charge in [0.2, 0.25) is 0 Å². The number of benzene rings is 3. The summed E-state index contributed by atoms with van der Waals surface area (Å²) in [7, 11) is 1.52. The van der Waals surface area contributed by atoms with Crippen LogP contribution in [0.25, 0.3) is 5.76 Å². The van der Waals surface area contributed by atoms with Gasteiger partial charge >= 0.3 is 0 Å². The van der Waals surface area contributed by atoms with E-state index in [-0.39, 0.29) is 22.1 Å². The van der Waals surface area contributed by atoms with E-state index in [1.165, 1.54) is 24.1 Å². The van der Waals surface area contributed by atoms with Gasteiger partial charge < -0.3 is 19.7 Å². The van der Waals surface area contributed by atoms with Crippen molar-refractivity contribution >= 4 is 34.7 Å². The number of hydrogen-bond donors (Lipinski definition) is 2. The summed E-state index contributed by atoms with van der Waals surface area (Å²) < 4.78 is 10.6. The predicted octanol–water partition coefficient (Wildman–Crippen LogP) is 5.08. The largest absolute Gasteiger partial charge is 0.507 e. The summed E-state index contributed by atoms with van der Waals surface area (Å²) in [6.45, 7) is 2.34. The monoisotopic (exact) mass is 479 g/mol. The first-order valence-electron chi connectivity index (χ1n) is 10.5. The SMILES string of the molecule is CCOc1ccc(/C(O)=C2/C(=O)C(=O)N(c3ccc(OC)cc3)C2c2ccc(O)c(Cl)c2)cc1. The number of aromatic hydroxyl groups is 1. The average molecular weight is 480 g/mol. The zero-order chi connectivity index (χ0) is 24.4. The number of ether oxygens (including phenoxy) is 2. The lowest BCUT2D eigenvalue weighted by Crippen LogP contribution is -2.29. The molecule has 3 aromatic carbocycles. The number of carbonyl (C=O) groups is 2. The Morgan fingerprint density at radius 3 is 2.24 bits per heavy atom. The van der Waals surface area contributed by atoms with Gasteiger partial charge in [0.25, 0.3) is 11.7 Å². The molecule has 0 spiro atoms. The molecule has 1 saturated heterocycles. The zero-order valence-electron chi connectivity index (χ0n) is 18.5. The fourth-order valence-corrected chi connectivity index (χ4v) is 4.07. The summed E-state index contributed by atoms with van der Waals surface area (Å²) in [5, 5.41) is 21.1. The molecule has 0 saturated carbocycles. The van der Waals surface area contributed by atoms with E-state index in [0.717, 1.165) is 0 Å². The smallest absolute Gasteiger partial charge is 0.300 e. The van der Waals surface area contributed by atoms with Gasteiger partial charge in [0, 0.05) is 11.3 Å². The van der Waals surface area contributed by atoms with Gasteiger partial charge in [-0.15, -0.1) is 0 Å². The normalized spacial score (nSPS) is 17.1. The van der Waals surface area contributed by atoms with Crippen LogP contribution in [-0.2, 0) is 9.59 Å². The highest BCUT2D eigenvalue weighted by atomic mass is 35.5. The zero-order valence-corrected chi connectivity index (χ0v) is 19.2. The third kappa shape index (κ3) is 4.18. The molecule has 34 heavy (non-hydrogen) atoms. The lowest BCUT2D eigenvalue weighted by molar-refractivity contribution is -0.132. The number of aliphatic hydroxyl groups excluding tert-OH is 1. The molecule has 3 aromatic rings. The molecule has 7 nitrogen and oxygen atoms in total. The Balaban J connectivity index is 1.89. The van der Waals surface area contributed by atoms with E-state index in [9.17, 15) is 19.8 Å².